The molecule has 2 aromatic carbocycles. The second kappa shape index (κ2) is 9.87. The fourth-order valence-electron chi connectivity index (χ4n) is 5.73. The number of hydrogen-bond acceptors (Lipinski definition) is 4. The number of halogens is 2. The molecule has 1 aliphatic carbocycles. The molecule has 1 aliphatic heterocycles. The molecule has 2 aliphatic rings. The summed E-state index contributed by atoms with van der Waals surface area (Å²) >= 11 is 5.84. The zero-order valence-electron chi connectivity index (χ0n) is 21.0. The number of carboxylic acids is 1. The van der Waals surface area contributed by atoms with Crippen LogP contribution < -0.4 is 5.32 Å². The normalized spacial score (nSPS) is 19.9. The Hall–Kier alpha value is -3.72. The highest BCUT2D eigenvalue weighted by Gasteiger charge is 2.56. The maximum Gasteiger partial charge on any atom is 0.335 e. The maximum absolute atomic E-state index is 14.3. The number of likely N-dealkylation sites (tertiary alicyclic amines) is 1. The van der Waals surface area contributed by atoms with Crippen molar-refractivity contribution in [2.45, 2.75) is 58.3 Å². The van der Waals surface area contributed by atoms with Crippen LogP contribution in [0.25, 0.3) is 10.9 Å². The predicted molar refractivity (Wildman–Crippen MR) is 139 cm³/mol. The molecule has 0 bridgehead atoms. The molecule has 1 aromatic heterocycles. The molecule has 1 saturated heterocycles. The highest BCUT2D eigenvalue weighted by molar-refractivity contribution is 6.30. The monoisotopic (exact) mass is 539 g/mol. The molecule has 0 radical (unpaired) electrons. The number of fused-ring (bicyclic) bond motifs is 2. The van der Waals surface area contributed by atoms with E-state index in [2.05, 4.69) is 5.32 Å². The van der Waals surface area contributed by atoms with Gasteiger partial charge in [0.15, 0.2) is 5.78 Å². The molecule has 8 nitrogen and oxygen atoms in total. The third kappa shape index (κ3) is 4.45. The fraction of sp³-hybridized carbons (Fsp3) is 0.357. The first-order chi connectivity index (χ1) is 18.1. The van der Waals surface area contributed by atoms with Crippen molar-refractivity contribution in [1.29, 1.82) is 0 Å². The third-order valence-electron chi connectivity index (χ3n) is 7.58. The molecule has 2 heterocycles. The first-order valence-electron chi connectivity index (χ1n) is 12.5. The number of nitrogens with one attached hydrogen (secondary N) is 1. The minimum atomic E-state index is -1.11. The minimum absolute atomic E-state index is 0.0303. The number of aromatic carboxylic acids is 1. The van der Waals surface area contributed by atoms with E-state index >= 15 is 0 Å². The van der Waals surface area contributed by atoms with Gasteiger partial charge in [-0.1, -0.05) is 36.7 Å². The largest absolute Gasteiger partial charge is 0.478 e. The topological polar surface area (TPSA) is 109 Å². The first kappa shape index (κ1) is 25.9. The zero-order chi connectivity index (χ0) is 27.3. The van der Waals surface area contributed by atoms with Gasteiger partial charge < -0.3 is 19.9 Å². The number of piperidine rings is 1. The van der Waals surface area contributed by atoms with Gasteiger partial charge in [-0.05, 0) is 50.3 Å². The molecule has 2 fully saturated rings. The summed E-state index contributed by atoms with van der Waals surface area (Å²) in [4.78, 5) is 52.6. The Labute approximate surface area is 223 Å². The van der Waals surface area contributed by atoms with Crippen molar-refractivity contribution in [2.75, 3.05) is 0 Å². The van der Waals surface area contributed by atoms with Crippen molar-refractivity contribution in [1.82, 2.24) is 14.8 Å². The summed E-state index contributed by atoms with van der Waals surface area (Å²) in [5.41, 5.74) is 1.91. The number of rotatable bonds is 8. The molecule has 38 heavy (non-hydrogen) atoms. The molecule has 1 saturated carbocycles. The molecular weight excluding hydrogens is 513 g/mol. The lowest BCUT2D eigenvalue weighted by Crippen LogP contribution is -2.48. The van der Waals surface area contributed by atoms with Crippen molar-refractivity contribution >= 4 is 46.1 Å². The summed E-state index contributed by atoms with van der Waals surface area (Å²) in [6, 6.07) is 8.36. The van der Waals surface area contributed by atoms with Crippen molar-refractivity contribution in [2.24, 2.45) is 5.92 Å². The lowest BCUT2D eigenvalue weighted by Gasteiger charge is -2.27. The Morgan fingerprint density at radius 1 is 1.16 bits per heavy atom. The Balaban J connectivity index is 1.42. The van der Waals surface area contributed by atoms with Gasteiger partial charge in [0.1, 0.15) is 18.4 Å². The van der Waals surface area contributed by atoms with Gasteiger partial charge in [0.2, 0.25) is 11.8 Å². The van der Waals surface area contributed by atoms with E-state index < -0.39 is 17.8 Å². The standard InChI is InChI=1S/C28H27ClFN3O5/c1-3-20-25(14(2)34)18-8-7-15(28(37)38)9-22(18)32(20)13-24(35)33-21-10-17(21)11-23(33)27(36)31-12-16-5-4-6-19(29)26(16)30/h4-9,17,21,23H,3,10-13H2,1-2H3,(H,31,36)(H,37,38)/t17-,21-,23?/m1/s1. The number of hydrogen-bond donors (Lipinski definition) is 2. The van der Waals surface area contributed by atoms with Crippen LogP contribution in [0.15, 0.2) is 36.4 Å². The third-order valence-corrected chi connectivity index (χ3v) is 7.87. The number of aromatic nitrogens is 1. The second-order valence-electron chi connectivity index (χ2n) is 9.90. The molecule has 5 rings (SSSR count). The summed E-state index contributed by atoms with van der Waals surface area (Å²) < 4.78 is 16.0. The van der Waals surface area contributed by atoms with E-state index in [-0.39, 0.29) is 58.8 Å². The van der Waals surface area contributed by atoms with Crippen molar-refractivity contribution in [3.63, 3.8) is 0 Å². The Bertz CT molecular complexity index is 1500. The molecule has 3 atom stereocenters. The lowest BCUT2D eigenvalue weighted by molar-refractivity contribution is -0.140. The van der Waals surface area contributed by atoms with Crippen LogP contribution in [0.4, 0.5) is 4.39 Å². The highest BCUT2D eigenvalue weighted by Crippen LogP contribution is 2.48. The van der Waals surface area contributed by atoms with Crippen LogP contribution in [-0.2, 0) is 29.1 Å². The quantitative estimate of drug-likeness (QED) is 0.417. The number of carboxylic acid groups (broad SMARTS) is 1. The van der Waals surface area contributed by atoms with Gasteiger partial charge in [-0.2, -0.15) is 0 Å². The van der Waals surface area contributed by atoms with Gasteiger partial charge in [0.05, 0.1) is 16.1 Å². The van der Waals surface area contributed by atoms with Gasteiger partial charge >= 0.3 is 5.97 Å². The number of nitrogens with zero attached hydrogens (tertiary/aromatic N) is 2. The predicted octanol–water partition coefficient (Wildman–Crippen LogP) is 4.20. The van der Waals surface area contributed by atoms with Crippen LogP contribution in [0.5, 0.6) is 0 Å². The van der Waals surface area contributed by atoms with Crippen LogP contribution in [0.1, 0.15) is 58.7 Å². The molecule has 0 spiro atoms. The van der Waals surface area contributed by atoms with Crippen LogP contribution in [0.3, 0.4) is 0 Å². The van der Waals surface area contributed by atoms with Gasteiger partial charge in [0, 0.05) is 34.8 Å². The molecule has 10 heteroatoms. The molecule has 198 valence electrons. The van der Waals surface area contributed by atoms with E-state index in [0.29, 0.717) is 35.0 Å². The number of Topliss-reactive ketones (excluding diaryl/α,β-unsaturated/α-hetero) is 1. The van der Waals surface area contributed by atoms with Crippen LogP contribution in [0.2, 0.25) is 5.02 Å². The van der Waals surface area contributed by atoms with E-state index in [1.807, 2.05) is 6.92 Å². The number of carbonyl (C=O) groups excluding carboxylic acids is 3. The number of benzene rings is 2. The SMILES string of the molecule is CCc1c(C(C)=O)c2ccc(C(=O)O)cc2n1CC(=O)N1C(C(=O)NCc2cccc(Cl)c2F)C[C@H]2C[C@H]21. The second-order valence-corrected chi connectivity index (χ2v) is 10.3. The Kier molecular flexibility index (Phi) is 6.73. The van der Waals surface area contributed by atoms with Gasteiger partial charge in [-0.25, -0.2) is 9.18 Å². The first-order valence-corrected chi connectivity index (χ1v) is 12.9. The maximum atomic E-state index is 14.3. The van der Waals surface area contributed by atoms with Gasteiger partial charge in [0.25, 0.3) is 0 Å². The minimum Gasteiger partial charge on any atom is -0.478 e. The van der Waals surface area contributed by atoms with Crippen molar-refractivity contribution in [3.8, 4) is 0 Å². The van der Waals surface area contributed by atoms with Crippen LogP contribution in [-0.4, -0.2) is 50.2 Å². The summed E-state index contributed by atoms with van der Waals surface area (Å²) in [6.07, 6.45) is 1.79. The lowest BCUT2D eigenvalue weighted by atomic mass is 10.0. The Morgan fingerprint density at radius 2 is 1.92 bits per heavy atom. The van der Waals surface area contributed by atoms with Crippen molar-refractivity contribution < 1.29 is 28.7 Å². The van der Waals surface area contributed by atoms with Crippen molar-refractivity contribution in [3.05, 3.63) is 69.6 Å². The van der Waals surface area contributed by atoms with Gasteiger partial charge in [-0.3, -0.25) is 14.4 Å². The number of amides is 2. The number of carbonyl (C=O) groups is 4. The molecule has 2 N–H and O–H groups in total. The summed E-state index contributed by atoms with van der Waals surface area (Å²) in [6.45, 7) is 3.13. The number of ketones is 1. The van der Waals surface area contributed by atoms with E-state index in [4.69, 9.17) is 11.6 Å². The van der Waals surface area contributed by atoms with E-state index in [9.17, 15) is 28.7 Å². The van der Waals surface area contributed by atoms with Gasteiger partial charge in [-0.15, -0.1) is 0 Å². The van der Waals surface area contributed by atoms with E-state index in [1.165, 1.54) is 31.2 Å². The van der Waals surface area contributed by atoms with E-state index in [0.717, 1.165) is 6.42 Å². The average molecular weight is 540 g/mol. The Morgan fingerprint density at radius 3 is 2.61 bits per heavy atom. The van der Waals surface area contributed by atoms with E-state index in [1.54, 1.807) is 21.6 Å². The van der Waals surface area contributed by atoms with Crippen LogP contribution in [0, 0.1) is 11.7 Å². The highest BCUT2D eigenvalue weighted by atomic mass is 35.5. The molecule has 3 aromatic rings. The summed E-state index contributed by atoms with van der Waals surface area (Å²) in [5.74, 6) is -2.29. The summed E-state index contributed by atoms with van der Waals surface area (Å²) in [7, 11) is 0. The molecular formula is C28H27ClFN3O5. The zero-order valence-corrected chi connectivity index (χ0v) is 21.7. The van der Waals surface area contributed by atoms with Crippen LogP contribution >= 0.6 is 11.6 Å². The smallest absolute Gasteiger partial charge is 0.335 e. The average Bonchev–Trinajstić information content (AvgIpc) is 3.42. The summed E-state index contributed by atoms with van der Waals surface area (Å²) in [5, 5.41) is 12.8. The fourth-order valence-corrected chi connectivity index (χ4v) is 5.92. The molecule has 1 unspecified atom stereocenters. The molecule has 2 amide bonds.